The number of nitrogens with one attached hydrogen (secondary N) is 1. The van der Waals surface area contributed by atoms with Gasteiger partial charge in [0.05, 0.1) is 7.11 Å². The van der Waals surface area contributed by atoms with E-state index < -0.39 is 12.3 Å². The molecule has 2 N–H and O–H groups in total. The van der Waals surface area contributed by atoms with Crippen LogP contribution in [-0.4, -0.2) is 30.6 Å². The highest BCUT2D eigenvalue weighted by Crippen LogP contribution is 2.26. The molecule has 1 aromatic rings. The maximum absolute atomic E-state index is 9.66. The predicted molar refractivity (Wildman–Crippen MR) is 67.4 cm³/mol. The minimum Gasteiger partial charge on any atom is -0.493 e. The van der Waals surface area contributed by atoms with E-state index in [-0.39, 0.29) is 6.04 Å². The number of hydrogen-bond acceptors (Lipinski definition) is 4. The average molecular weight is 239 g/mol. The predicted octanol–water partition coefficient (Wildman–Crippen LogP) is 1.78. The zero-order valence-corrected chi connectivity index (χ0v) is 10.8. The third-order valence-corrected chi connectivity index (χ3v) is 2.26. The van der Waals surface area contributed by atoms with Gasteiger partial charge in [0.25, 0.3) is 0 Å². The van der Waals surface area contributed by atoms with E-state index in [4.69, 9.17) is 9.47 Å². The summed E-state index contributed by atoms with van der Waals surface area (Å²) in [5.74, 6) is 1.28. The van der Waals surface area contributed by atoms with Gasteiger partial charge in [0.15, 0.2) is 17.7 Å². The largest absolute Gasteiger partial charge is 0.493 e. The molecule has 2 unspecified atom stereocenters. The SMILES string of the molecule is COc1ccccc1OC(NC(C)C)C(C)O. The molecule has 0 saturated heterocycles. The number of benzene rings is 1. The van der Waals surface area contributed by atoms with Gasteiger partial charge in [-0.2, -0.15) is 0 Å². The molecule has 0 aromatic heterocycles. The van der Waals surface area contributed by atoms with Crippen LogP contribution in [0.4, 0.5) is 0 Å². The smallest absolute Gasteiger partial charge is 0.176 e. The van der Waals surface area contributed by atoms with Crippen molar-refractivity contribution in [3.05, 3.63) is 24.3 Å². The molecule has 2 atom stereocenters. The van der Waals surface area contributed by atoms with Gasteiger partial charge < -0.3 is 14.6 Å². The molecule has 0 heterocycles. The van der Waals surface area contributed by atoms with Crippen LogP contribution >= 0.6 is 0 Å². The van der Waals surface area contributed by atoms with Crippen LogP contribution < -0.4 is 14.8 Å². The number of hydrogen-bond donors (Lipinski definition) is 2. The van der Waals surface area contributed by atoms with Crippen LogP contribution in [0.2, 0.25) is 0 Å². The standard InChI is InChI=1S/C13H21NO3/c1-9(2)14-13(10(3)15)17-12-8-6-5-7-11(12)16-4/h5-10,13-15H,1-4H3. The van der Waals surface area contributed by atoms with Crippen molar-refractivity contribution in [1.82, 2.24) is 5.32 Å². The van der Waals surface area contributed by atoms with Gasteiger partial charge in [-0.05, 0) is 32.9 Å². The summed E-state index contributed by atoms with van der Waals surface area (Å²) in [7, 11) is 1.59. The fourth-order valence-electron chi connectivity index (χ4n) is 1.45. The highest BCUT2D eigenvalue weighted by Gasteiger charge is 2.18. The summed E-state index contributed by atoms with van der Waals surface area (Å²) in [6.45, 7) is 5.69. The lowest BCUT2D eigenvalue weighted by atomic mass is 10.3. The van der Waals surface area contributed by atoms with E-state index >= 15 is 0 Å². The molecule has 0 aliphatic rings. The Bertz CT molecular complexity index is 339. The summed E-state index contributed by atoms with van der Waals surface area (Å²) < 4.78 is 10.9. The normalized spacial score (nSPS) is 14.5. The zero-order valence-electron chi connectivity index (χ0n) is 10.8. The Morgan fingerprint density at radius 1 is 1.12 bits per heavy atom. The van der Waals surface area contributed by atoms with Gasteiger partial charge in [-0.15, -0.1) is 0 Å². The first-order chi connectivity index (χ1) is 8.04. The minimum absolute atomic E-state index is 0.226. The summed E-state index contributed by atoms with van der Waals surface area (Å²) >= 11 is 0. The summed E-state index contributed by atoms with van der Waals surface area (Å²) in [5, 5.41) is 12.8. The summed E-state index contributed by atoms with van der Waals surface area (Å²) in [5.41, 5.74) is 0. The lowest BCUT2D eigenvalue weighted by Gasteiger charge is -2.25. The summed E-state index contributed by atoms with van der Waals surface area (Å²) in [6.07, 6.45) is -1.06. The molecule has 17 heavy (non-hydrogen) atoms. The van der Waals surface area contributed by atoms with Crippen LogP contribution in [0.3, 0.4) is 0 Å². The number of methoxy groups -OCH3 is 1. The van der Waals surface area contributed by atoms with E-state index in [1.165, 1.54) is 0 Å². The fourth-order valence-corrected chi connectivity index (χ4v) is 1.45. The first kappa shape index (κ1) is 13.8. The Morgan fingerprint density at radius 3 is 2.18 bits per heavy atom. The maximum atomic E-state index is 9.66. The maximum Gasteiger partial charge on any atom is 0.176 e. The molecule has 0 bridgehead atoms. The van der Waals surface area contributed by atoms with Gasteiger partial charge in [-0.1, -0.05) is 12.1 Å². The van der Waals surface area contributed by atoms with Crippen molar-refractivity contribution in [1.29, 1.82) is 0 Å². The molecule has 0 radical (unpaired) electrons. The molecule has 0 aliphatic heterocycles. The number of ether oxygens (including phenoxy) is 2. The third-order valence-electron chi connectivity index (χ3n) is 2.26. The monoisotopic (exact) mass is 239 g/mol. The second kappa shape index (κ2) is 6.47. The Kier molecular flexibility index (Phi) is 5.25. The van der Waals surface area contributed by atoms with Crippen molar-refractivity contribution in [3.63, 3.8) is 0 Å². The van der Waals surface area contributed by atoms with E-state index in [0.29, 0.717) is 11.5 Å². The van der Waals surface area contributed by atoms with Gasteiger partial charge in [0.2, 0.25) is 0 Å². The molecule has 0 amide bonds. The number of aliphatic hydroxyl groups excluding tert-OH is 1. The molecular weight excluding hydrogens is 218 g/mol. The van der Waals surface area contributed by atoms with Gasteiger partial charge in [0.1, 0.15) is 6.10 Å². The van der Waals surface area contributed by atoms with E-state index in [0.717, 1.165) is 0 Å². The van der Waals surface area contributed by atoms with E-state index in [1.54, 1.807) is 14.0 Å². The second-order valence-corrected chi connectivity index (χ2v) is 4.25. The summed E-state index contributed by atoms with van der Waals surface area (Å²) in [6, 6.07) is 7.61. The summed E-state index contributed by atoms with van der Waals surface area (Å²) in [4.78, 5) is 0. The Labute approximate surface area is 103 Å². The van der Waals surface area contributed by atoms with Crippen LogP contribution in [0, 0.1) is 0 Å². The van der Waals surface area contributed by atoms with E-state index in [1.807, 2.05) is 38.1 Å². The Morgan fingerprint density at radius 2 is 1.71 bits per heavy atom. The van der Waals surface area contributed by atoms with Gasteiger partial charge >= 0.3 is 0 Å². The molecule has 4 nitrogen and oxygen atoms in total. The fraction of sp³-hybridized carbons (Fsp3) is 0.538. The van der Waals surface area contributed by atoms with Crippen LogP contribution in [0.15, 0.2) is 24.3 Å². The molecule has 0 saturated carbocycles. The Hall–Kier alpha value is -1.26. The van der Waals surface area contributed by atoms with Crippen LogP contribution in [-0.2, 0) is 0 Å². The van der Waals surface area contributed by atoms with Crippen molar-refractivity contribution >= 4 is 0 Å². The van der Waals surface area contributed by atoms with E-state index in [2.05, 4.69) is 5.32 Å². The van der Waals surface area contributed by atoms with Crippen LogP contribution in [0.25, 0.3) is 0 Å². The average Bonchev–Trinajstić information content (AvgIpc) is 2.28. The van der Waals surface area contributed by atoms with Crippen LogP contribution in [0.5, 0.6) is 11.5 Å². The number of rotatable bonds is 6. The second-order valence-electron chi connectivity index (χ2n) is 4.25. The van der Waals surface area contributed by atoms with Crippen molar-refractivity contribution < 1.29 is 14.6 Å². The van der Waals surface area contributed by atoms with Gasteiger partial charge in [-0.3, -0.25) is 5.32 Å². The highest BCUT2D eigenvalue weighted by atomic mass is 16.5. The highest BCUT2D eigenvalue weighted by molar-refractivity contribution is 5.39. The topological polar surface area (TPSA) is 50.7 Å². The lowest BCUT2D eigenvalue weighted by molar-refractivity contribution is 0.0203. The van der Waals surface area contributed by atoms with E-state index in [9.17, 15) is 5.11 Å². The molecule has 4 heteroatoms. The van der Waals surface area contributed by atoms with Crippen molar-refractivity contribution in [2.45, 2.75) is 39.1 Å². The molecule has 1 aromatic carbocycles. The van der Waals surface area contributed by atoms with Crippen molar-refractivity contribution in [3.8, 4) is 11.5 Å². The van der Waals surface area contributed by atoms with Crippen LogP contribution in [0.1, 0.15) is 20.8 Å². The molecule has 96 valence electrons. The van der Waals surface area contributed by atoms with Crippen molar-refractivity contribution in [2.75, 3.05) is 7.11 Å². The third kappa shape index (κ3) is 4.24. The molecule has 0 spiro atoms. The van der Waals surface area contributed by atoms with Gasteiger partial charge in [0, 0.05) is 6.04 Å². The quantitative estimate of drug-likeness (QED) is 0.743. The molecule has 0 aliphatic carbocycles. The molecule has 1 rings (SSSR count). The first-order valence-electron chi connectivity index (χ1n) is 5.78. The van der Waals surface area contributed by atoms with Gasteiger partial charge in [-0.25, -0.2) is 0 Å². The minimum atomic E-state index is -0.609. The molecular formula is C13H21NO3. The van der Waals surface area contributed by atoms with Crippen molar-refractivity contribution in [2.24, 2.45) is 0 Å². The first-order valence-corrected chi connectivity index (χ1v) is 5.78. The zero-order chi connectivity index (χ0) is 12.8. The number of aliphatic hydroxyl groups is 1. The lowest BCUT2D eigenvalue weighted by Crippen LogP contribution is -2.46. The number of para-hydroxylation sites is 2. The Balaban J connectivity index is 2.78. The molecule has 0 fully saturated rings.